The standard InChI is InChI=1S/C15H19F3N6O/c1-8-5-3-4-6-24(8)13(25)9(2)21-12-10-11(20-7-19-10)22-14(23-12)15(16,17)18/h7-9H,3-6H2,1-2H3,(H2,19,20,21,22,23). The molecule has 3 rings (SSSR count). The Bertz CT molecular complexity index is 774. The number of carbonyl (C=O) groups excluding carboxylic acids is 1. The number of aromatic nitrogens is 4. The van der Waals surface area contributed by atoms with Crippen LogP contribution in [-0.2, 0) is 11.0 Å². The van der Waals surface area contributed by atoms with Crippen LogP contribution in [0.4, 0.5) is 19.0 Å². The van der Waals surface area contributed by atoms with E-state index in [1.54, 1.807) is 11.8 Å². The fourth-order valence-corrected chi connectivity index (χ4v) is 3.01. The van der Waals surface area contributed by atoms with Gasteiger partial charge in [-0.15, -0.1) is 0 Å². The molecule has 0 aliphatic carbocycles. The van der Waals surface area contributed by atoms with E-state index in [9.17, 15) is 18.0 Å². The van der Waals surface area contributed by atoms with E-state index in [1.165, 1.54) is 6.33 Å². The molecule has 1 saturated heterocycles. The van der Waals surface area contributed by atoms with Crippen molar-refractivity contribution in [2.45, 2.75) is 51.4 Å². The number of nitrogens with one attached hydrogen (secondary N) is 2. The summed E-state index contributed by atoms with van der Waals surface area (Å²) in [5, 5.41) is 2.79. The first-order valence-electron chi connectivity index (χ1n) is 8.12. The number of fused-ring (bicyclic) bond motifs is 1. The summed E-state index contributed by atoms with van der Waals surface area (Å²) in [6, 6.07) is -0.600. The molecule has 2 atom stereocenters. The molecule has 1 aliphatic heterocycles. The summed E-state index contributed by atoms with van der Waals surface area (Å²) in [4.78, 5) is 27.8. The summed E-state index contributed by atoms with van der Waals surface area (Å²) in [6.07, 6.45) is -0.529. The van der Waals surface area contributed by atoms with E-state index in [2.05, 4.69) is 25.3 Å². The van der Waals surface area contributed by atoms with E-state index in [-0.39, 0.29) is 28.9 Å². The second kappa shape index (κ2) is 6.49. The quantitative estimate of drug-likeness (QED) is 0.883. The number of aromatic amines is 1. The summed E-state index contributed by atoms with van der Waals surface area (Å²) in [5.74, 6) is -1.53. The molecule has 7 nitrogen and oxygen atoms in total. The number of amides is 1. The smallest absolute Gasteiger partial charge is 0.357 e. The van der Waals surface area contributed by atoms with Crippen LogP contribution in [0.3, 0.4) is 0 Å². The fraction of sp³-hybridized carbons (Fsp3) is 0.600. The maximum absolute atomic E-state index is 13.0. The van der Waals surface area contributed by atoms with Crippen molar-refractivity contribution in [3.63, 3.8) is 0 Å². The van der Waals surface area contributed by atoms with E-state index < -0.39 is 18.0 Å². The molecule has 0 bridgehead atoms. The van der Waals surface area contributed by atoms with Crippen molar-refractivity contribution in [3.05, 3.63) is 12.2 Å². The van der Waals surface area contributed by atoms with Crippen molar-refractivity contribution >= 4 is 22.9 Å². The Kier molecular flexibility index (Phi) is 4.53. The SMILES string of the molecule is CC(Nc1nc(C(F)(F)F)nc2nc[nH]c12)C(=O)N1CCCCC1C. The predicted octanol–water partition coefficient (Wildman–Crippen LogP) is 2.57. The number of hydrogen-bond acceptors (Lipinski definition) is 5. The summed E-state index contributed by atoms with van der Waals surface area (Å²) >= 11 is 0. The van der Waals surface area contributed by atoms with Gasteiger partial charge in [0, 0.05) is 12.6 Å². The first-order valence-corrected chi connectivity index (χ1v) is 8.12. The second-order valence-corrected chi connectivity index (χ2v) is 6.24. The largest absolute Gasteiger partial charge is 0.451 e. The van der Waals surface area contributed by atoms with Crippen LogP contribution in [0.5, 0.6) is 0 Å². The van der Waals surface area contributed by atoms with Gasteiger partial charge in [-0.05, 0) is 33.1 Å². The number of anilines is 1. The van der Waals surface area contributed by atoms with Gasteiger partial charge in [-0.3, -0.25) is 4.79 Å². The van der Waals surface area contributed by atoms with Gasteiger partial charge in [-0.25, -0.2) is 15.0 Å². The molecule has 10 heteroatoms. The minimum absolute atomic E-state index is 0.0830. The van der Waals surface area contributed by atoms with Gasteiger partial charge in [-0.1, -0.05) is 0 Å². The second-order valence-electron chi connectivity index (χ2n) is 6.24. The highest BCUT2D eigenvalue weighted by molar-refractivity contribution is 5.88. The van der Waals surface area contributed by atoms with Gasteiger partial charge >= 0.3 is 6.18 Å². The molecule has 2 N–H and O–H groups in total. The van der Waals surface area contributed by atoms with Crippen LogP contribution in [-0.4, -0.2) is 49.4 Å². The van der Waals surface area contributed by atoms with Gasteiger partial charge in [0.25, 0.3) is 0 Å². The van der Waals surface area contributed by atoms with Crippen LogP contribution in [0.25, 0.3) is 11.2 Å². The molecule has 0 saturated carbocycles. The summed E-state index contributed by atoms with van der Waals surface area (Å²) in [7, 11) is 0. The highest BCUT2D eigenvalue weighted by Gasteiger charge is 2.36. The molecule has 0 radical (unpaired) electrons. The number of piperidine rings is 1. The Morgan fingerprint density at radius 1 is 1.40 bits per heavy atom. The van der Waals surface area contributed by atoms with Gasteiger partial charge in [0.15, 0.2) is 11.5 Å². The van der Waals surface area contributed by atoms with Crippen molar-refractivity contribution in [3.8, 4) is 0 Å². The molecular weight excluding hydrogens is 337 g/mol. The molecule has 0 aromatic carbocycles. The van der Waals surface area contributed by atoms with E-state index >= 15 is 0 Å². The maximum Gasteiger partial charge on any atom is 0.451 e. The van der Waals surface area contributed by atoms with Crippen molar-refractivity contribution in [1.82, 2.24) is 24.8 Å². The highest BCUT2D eigenvalue weighted by atomic mass is 19.4. The number of likely N-dealkylation sites (tertiary alicyclic amines) is 1. The number of imidazole rings is 1. The maximum atomic E-state index is 13.0. The van der Waals surface area contributed by atoms with E-state index in [4.69, 9.17) is 0 Å². The van der Waals surface area contributed by atoms with Crippen LogP contribution >= 0.6 is 0 Å². The van der Waals surface area contributed by atoms with Crippen molar-refractivity contribution in [2.75, 3.05) is 11.9 Å². The van der Waals surface area contributed by atoms with Gasteiger partial charge in [0.1, 0.15) is 11.6 Å². The van der Waals surface area contributed by atoms with Gasteiger partial charge in [0.2, 0.25) is 11.7 Å². The number of rotatable bonds is 3. The number of nitrogens with zero attached hydrogens (tertiary/aromatic N) is 4. The Hall–Kier alpha value is -2.39. The third kappa shape index (κ3) is 3.52. The first-order chi connectivity index (χ1) is 11.8. The van der Waals surface area contributed by atoms with Crippen LogP contribution in [0.2, 0.25) is 0 Å². The number of H-pyrrole nitrogens is 1. The topological polar surface area (TPSA) is 86.8 Å². The monoisotopic (exact) mass is 356 g/mol. The van der Waals surface area contributed by atoms with Crippen molar-refractivity contribution < 1.29 is 18.0 Å². The average Bonchev–Trinajstić information content (AvgIpc) is 3.02. The fourth-order valence-electron chi connectivity index (χ4n) is 3.01. The molecular formula is C15H19F3N6O. The van der Waals surface area contributed by atoms with Gasteiger partial charge in [0.05, 0.1) is 6.33 Å². The van der Waals surface area contributed by atoms with Gasteiger partial charge in [-0.2, -0.15) is 13.2 Å². The lowest BCUT2D eigenvalue weighted by Gasteiger charge is -2.35. The number of carbonyl (C=O) groups is 1. The lowest BCUT2D eigenvalue weighted by molar-refractivity contribution is -0.144. The Labute approximate surface area is 142 Å². The minimum atomic E-state index is -4.70. The molecule has 25 heavy (non-hydrogen) atoms. The average molecular weight is 356 g/mol. The van der Waals surface area contributed by atoms with E-state index in [0.717, 1.165) is 19.3 Å². The van der Waals surface area contributed by atoms with Crippen LogP contribution < -0.4 is 5.32 Å². The molecule has 3 heterocycles. The van der Waals surface area contributed by atoms with Crippen LogP contribution in [0.15, 0.2) is 6.33 Å². The van der Waals surface area contributed by atoms with E-state index in [0.29, 0.717) is 6.54 Å². The molecule has 2 aromatic rings. The molecule has 0 spiro atoms. The van der Waals surface area contributed by atoms with Crippen molar-refractivity contribution in [1.29, 1.82) is 0 Å². The van der Waals surface area contributed by atoms with Gasteiger partial charge < -0.3 is 15.2 Å². The summed E-state index contributed by atoms with van der Waals surface area (Å²) < 4.78 is 38.9. The Morgan fingerprint density at radius 2 is 2.16 bits per heavy atom. The zero-order valence-electron chi connectivity index (χ0n) is 13.9. The Balaban J connectivity index is 1.86. The molecule has 2 aromatic heterocycles. The zero-order chi connectivity index (χ0) is 18.2. The zero-order valence-corrected chi connectivity index (χ0v) is 13.9. The summed E-state index contributed by atoms with van der Waals surface area (Å²) in [6.45, 7) is 4.24. The Morgan fingerprint density at radius 3 is 2.84 bits per heavy atom. The number of alkyl halides is 3. The van der Waals surface area contributed by atoms with Crippen molar-refractivity contribution in [2.24, 2.45) is 0 Å². The summed E-state index contributed by atoms with van der Waals surface area (Å²) in [5.41, 5.74) is 0.134. The van der Waals surface area contributed by atoms with E-state index in [1.807, 2.05) is 6.92 Å². The normalized spacial score (nSPS) is 19.9. The molecule has 1 aliphatic rings. The lowest BCUT2D eigenvalue weighted by atomic mass is 10.0. The minimum Gasteiger partial charge on any atom is -0.357 e. The third-order valence-electron chi connectivity index (χ3n) is 4.35. The van der Waals surface area contributed by atoms with Crippen LogP contribution in [0.1, 0.15) is 38.9 Å². The number of halogens is 3. The molecule has 1 fully saturated rings. The lowest BCUT2D eigenvalue weighted by Crippen LogP contribution is -2.48. The first kappa shape index (κ1) is 17.4. The number of hydrogen-bond donors (Lipinski definition) is 2. The molecule has 2 unspecified atom stereocenters. The van der Waals surface area contributed by atoms with Crippen LogP contribution in [0, 0.1) is 0 Å². The highest BCUT2D eigenvalue weighted by Crippen LogP contribution is 2.29. The molecule has 1 amide bonds. The predicted molar refractivity (Wildman–Crippen MR) is 84.8 cm³/mol. The molecule has 136 valence electrons. The third-order valence-corrected chi connectivity index (χ3v) is 4.35.